The van der Waals surface area contributed by atoms with E-state index in [9.17, 15) is 5.11 Å². The number of phenols is 1. The Morgan fingerprint density at radius 3 is 2.46 bits per heavy atom. The van der Waals surface area contributed by atoms with E-state index in [0.717, 1.165) is 20.8 Å². The highest BCUT2D eigenvalue weighted by Crippen LogP contribution is 2.37. The Bertz CT molecular complexity index is 1220. The first-order chi connectivity index (χ1) is 11.8. The summed E-state index contributed by atoms with van der Waals surface area (Å²) in [6, 6.07) is 24.4. The fraction of sp³-hybridized carbons (Fsp3) is 0. The first-order valence-electron chi connectivity index (χ1n) is 7.80. The lowest BCUT2D eigenvalue weighted by atomic mass is 10.0. The fourth-order valence-electron chi connectivity index (χ4n) is 3.20. The van der Waals surface area contributed by atoms with Crippen molar-refractivity contribution in [3.63, 3.8) is 0 Å². The SMILES string of the molecule is Oc1ccccc1-c1nc2cc3ccc4ccccc4c3cc2s1. The number of para-hydroxylation sites is 1. The summed E-state index contributed by atoms with van der Waals surface area (Å²) in [5, 5.41) is 15.9. The van der Waals surface area contributed by atoms with Crippen LogP contribution in [-0.2, 0) is 0 Å². The molecular weight excluding hydrogens is 314 g/mol. The van der Waals surface area contributed by atoms with Crippen LogP contribution in [0.4, 0.5) is 0 Å². The molecule has 24 heavy (non-hydrogen) atoms. The zero-order valence-electron chi connectivity index (χ0n) is 12.7. The minimum atomic E-state index is 0.270. The molecule has 0 atom stereocenters. The van der Waals surface area contributed by atoms with Crippen molar-refractivity contribution in [3.8, 4) is 16.3 Å². The molecule has 1 N–H and O–H groups in total. The molecule has 3 heteroatoms. The number of thiazole rings is 1. The second-order valence-electron chi connectivity index (χ2n) is 5.86. The average Bonchev–Trinajstić information content (AvgIpc) is 3.03. The molecule has 5 aromatic rings. The minimum Gasteiger partial charge on any atom is -0.507 e. The number of benzene rings is 4. The number of hydrogen-bond donors (Lipinski definition) is 1. The molecule has 1 aromatic heterocycles. The third-order valence-electron chi connectivity index (χ3n) is 4.39. The summed E-state index contributed by atoms with van der Waals surface area (Å²) in [6.07, 6.45) is 0. The second-order valence-corrected chi connectivity index (χ2v) is 6.89. The van der Waals surface area contributed by atoms with E-state index in [0.29, 0.717) is 0 Å². The van der Waals surface area contributed by atoms with E-state index in [1.807, 2.05) is 18.2 Å². The van der Waals surface area contributed by atoms with Gasteiger partial charge < -0.3 is 5.11 Å². The van der Waals surface area contributed by atoms with E-state index in [4.69, 9.17) is 4.98 Å². The molecule has 0 aliphatic rings. The Morgan fingerprint density at radius 1 is 0.750 bits per heavy atom. The maximum absolute atomic E-state index is 10.1. The molecular formula is C21H13NOS. The lowest BCUT2D eigenvalue weighted by molar-refractivity contribution is 0.477. The molecule has 0 saturated heterocycles. The van der Waals surface area contributed by atoms with Crippen LogP contribution < -0.4 is 0 Å². The van der Waals surface area contributed by atoms with Crippen molar-refractivity contribution in [2.24, 2.45) is 0 Å². The van der Waals surface area contributed by atoms with Crippen molar-refractivity contribution in [2.75, 3.05) is 0 Å². The Morgan fingerprint density at radius 2 is 1.54 bits per heavy atom. The van der Waals surface area contributed by atoms with Crippen LogP contribution in [0.15, 0.2) is 72.8 Å². The van der Waals surface area contributed by atoms with Gasteiger partial charge >= 0.3 is 0 Å². The first-order valence-corrected chi connectivity index (χ1v) is 8.62. The lowest BCUT2D eigenvalue weighted by Gasteiger charge is -2.03. The maximum atomic E-state index is 10.1. The van der Waals surface area contributed by atoms with Gasteiger partial charge in [-0.15, -0.1) is 11.3 Å². The zero-order valence-corrected chi connectivity index (χ0v) is 13.5. The average molecular weight is 327 g/mol. The van der Waals surface area contributed by atoms with Crippen molar-refractivity contribution in [1.82, 2.24) is 4.98 Å². The van der Waals surface area contributed by atoms with Gasteiger partial charge in [0, 0.05) is 0 Å². The van der Waals surface area contributed by atoms with Crippen molar-refractivity contribution in [1.29, 1.82) is 0 Å². The van der Waals surface area contributed by atoms with Crippen molar-refractivity contribution < 1.29 is 5.11 Å². The number of fused-ring (bicyclic) bond motifs is 4. The Labute approximate surface area is 142 Å². The summed E-state index contributed by atoms with van der Waals surface area (Å²) in [6.45, 7) is 0. The van der Waals surface area contributed by atoms with Gasteiger partial charge in [0.25, 0.3) is 0 Å². The van der Waals surface area contributed by atoms with E-state index in [1.165, 1.54) is 21.5 Å². The van der Waals surface area contributed by atoms with Gasteiger partial charge in [-0.25, -0.2) is 4.98 Å². The molecule has 0 amide bonds. The number of nitrogens with zero attached hydrogens (tertiary/aromatic N) is 1. The molecule has 1 heterocycles. The Hall–Kier alpha value is -2.91. The van der Waals surface area contributed by atoms with Gasteiger partial charge in [-0.05, 0) is 45.8 Å². The molecule has 0 aliphatic carbocycles. The number of aromatic nitrogens is 1. The summed E-state index contributed by atoms with van der Waals surface area (Å²) >= 11 is 1.62. The van der Waals surface area contributed by atoms with Gasteiger partial charge in [0.05, 0.1) is 15.8 Å². The van der Waals surface area contributed by atoms with E-state index < -0.39 is 0 Å². The number of aromatic hydroxyl groups is 1. The van der Waals surface area contributed by atoms with Crippen LogP contribution in [0.2, 0.25) is 0 Å². The highest BCUT2D eigenvalue weighted by molar-refractivity contribution is 7.21. The van der Waals surface area contributed by atoms with Crippen LogP contribution in [0.1, 0.15) is 0 Å². The van der Waals surface area contributed by atoms with Crippen molar-refractivity contribution >= 4 is 43.1 Å². The predicted octanol–water partition coefficient (Wildman–Crippen LogP) is 5.98. The molecule has 5 rings (SSSR count). The third kappa shape index (κ3) is 1.99. The lowest BCUT2D eigenvalue weighted by Crippen LogP contribution is -1.78. The second kappa shape index (κ2) is 5.05. The molecule has 0 unspecified atom stereocenters. The maximum Gasteiger partial charge on any atom is 0.128 e. The first kappa shape index (κ1) is 13.5. The van der Waals surface area contributed by atoms with Gasteiger partial charge in [-0.3, -0.25) is 0 Å². The number of rotatable bonds is 1. The van der Waals surface area contributed by atoms with Crippen molar-refractivity contribution in [2.45, 2.75) is 0 Å². The van der Waals surface area contributed by atoms with E-state index in [-0.39, 0.29) is 5.75 Å². The molecule has 0 saturated carbocycles. The van der Waals surface area contributed by atoms with Gasteiger partial charge in [0.15, 0.2) is 0 Å². The molecule has 0 aliphatic heterocycles. The summed E-state index contributed by atoms with van der Waals surface area (Å²) in [7, 11) is 0. The summed E-state index contributed by atoms with van der Waals surface area (Å²) in [4.78, 5) is 4.73. The van der Waals surface area contributed by atoms with E-state index in [2.05, 4.69) is 48.5 Å². The molecule has 2 nitrogen and oxygen atoms in total. The third-order valence-corrected chi connectivity index (χ3v) is 5.44. The largest absolute Gasteiger partial charge is 0.507 e. The standard InChI is InChI=1S/C21H13NOS/c23-19-8-4-3-7-16(19)21-22-18-11-14-10-9-13-5-1-2-6-15(13)17(14)12-20(18)24-21/h1-12,23H. The quantitative estimate of drug-likeness (QED) is 0.384. The van der Waals surface area contributed by atoms with Crippen molar-refractivity contribution in [3.05, 3.63) is 72.8 Å². The topological polar surface area (TPSA) is 33.1 Å². The molecule has 0 spiro atoms. The molecule has 4 aromatic carbocycles. The summed E-state index contributed by atoms with van der Waals surface area (Å²) in [5.74, 6) is 0.270. The van der Waals surface area contributed by atoms with Gasteiger partial charge in [0.2, 0.25) is 0 Å². The van der Waals surface area contributed by atoms with Crippen LogP contribution in [0, 0.1) is 0 Å². The van der Waals surface area contributed by atoms with E-state index in [1.54, 1.807) is 17.4 Å². The summed E-state index contributed by atoms with van der Waals surface area (Å²) < 4.78 is 1.14. The van der Waals surface area contributed by atoms with Gasteiger partial charge in [-0.1, -0.05) is 48.5 Å². The van der Waals surface area contributed by atoms with Crippen LogP contribution >= 0.6 is 11.3 Å². The van der Waals surface area contributed by atoms with Crippen LogP contribution in [0.3, 0.4) is 0 Å². The highest BCUT2D eigenvalue weighted by Gasteiger charge is 2.11. The Kier molecular flexibility index (Phi) is 2.84. The van der Waals surface area contributed by atoms with Crippen LogP contribution in [0.25, 0.3) is 42.3 Å². The molecule has 0 bridgehead atoms. The normalized spacial score (nSPS) is 11.5. The predicted molar refractivity (Wildman–Crippen MR) is 102 cm³/mol. The molecule has 0 radical (unpaired) electrons. The zero-order chi connectivity index (χ0) is 16.1. The fourth-order valence-corrected chi connectivity index (χ4v) is 4.22. The monoisotopic (exact) mass is 327 g/mol. The van der Waals surface area contributed by atoms with Crippen LogP contribution in [0.5, 0.6) is 5.75 Å². The summed E-state index contributed by atoms with van der Waals surface area (Å²) in [5.41, 5.74) is 1.76. The Balaban J connectivity index is 1.82. The smallest absolute Gasteiger partial charge is 0.128 e. The van der Waals surface area contributed by atoms with Crippen LogP contribution in [-0.4, -0.2) is 10.1 Å². The highest BCUT2D eigenvalue weighted by atomic mass is 32.1. The number of hydrogen-bond acceptors (Lipinski definition) is 3. The van der Waals surface area contributed by atoms with Gasteiger partial charge in [0.1, 0.15) is 10.8 Å². The molecule has 114 valence electrons. The number of phenolic OH excluding ortho intramolecular Hbond substituents is 1. The molecule has 0 fully saturated rings. The minimum absolute atomic E-state index is 0.270. The van der Waals surface area contributed by atoms with Gasteiger partial charge in [-0.2, -0.15) is 0 Å². The van der Waals surface area contributed by atoms with E-state index >= 15 is 0 Å².